The Hall–Kier alpha value is -2.80. The van der Waals surface area contributed by atoms with Crippen molar-refractivity contribution in [2.45, 2.75) is 6.92 Å². The molecule has 0 saturated carbocycles. The number of hydrogen-bond donors (Lipinski definition) is 1. The zero-order valence-electron chi connectivity index (χ0n) is 13.4. The van der Waals surface area contributed by atoms with Gasteiger partial charge in [-0.25, -0.2) is 9.97 Å². The van der Waals surface area contributed by atoms with E-state index in [9.17, 15) is 9.59 Å². The standard InChI is InChI=1S/C17H18N4O3/c1-12(22)13-2-4-14(5-3-13)20-17(23)15-10-16(19-11-18-15)21-6-8-24-9-7-21/h2-5,10-11H,6-9H2,1H3,(H,20,23). The lowest BCUT2D eigenvalue weighted by atomic mass is 10.1. The summed E-state index contributed by atoms with van der Waals surface area (Å²) < 4.78 is 5.32. The summed E-state index contributed by atoms with van der Waals surface area (Å²) in [7, 11) is 0. The number of nitrogens with zero attached hydrogens (tertiary/aromatic N) is 3. The Morgan fingerprint density at radius 3 is 2.50 bits per heavy atom. The number of morpholine rings is 1. The van der Waals surface area contributed by atoms with Crippen molar-refractivity contribution in [1.29, 1.82) is 0 Å². The quantitative estimate of drug-likeness (QED) is 0.862. The average molecular weight is 326 g/mol. The van der Waals surface area contributed by atoms with E-state index >= 15 is 0 Å². The van der Waals surface area contributed by atoms with Gasteiger partial charge in [-0.15, -0.1) is 0 Å². The number of amides is 1. The minimum atomic E-state index is -0.317. The molecule has 1 saturated heterocycles. The van der Waals surface area contributed by atoms with E-state index in [2.05, 4.69) is 20.2 Å². The lowest BCUT2D eigenvalue weighted by Gasteiger charge is -2.27. The first kappa shape index (κ1) is 16.1. The van der Waals surface area contributed by atoms with E-state index in [4.69, 9.17) is 4.74 Å². The van der Waals surface area contributed by atoms with Gasteiger partial charge in [0.25, 0.3) is 5.91 Å². The molecule has 0 radical (unpaired) electrons. The van der Waals surface area contributed by atoms with Gasteiger partial charge < -0.3 is 15.0 Å². The molecular formula is C17H18N4O3. The van der Waals surface area contributed by atoms with E-state index in [1.54, 1.807) is 30.3 Å². The molecule has 1 aromatic heterocycles. The summed E-state index contributed by atoms with van der Waals surface area (Å²) in [6.45, 7) is 4.28. The second-order valence-corrected chi connectivity index (χ2v) is 5.45. The first-order chi connectivity index (χ1) is 11.6. The Labute approximate surface area is 139 Å². The number of aromatic nitrogens is 2. The van der Waals surface area contributed by atoms with Gasteiger partial charge in [0.15, 0.2) is 5.78 Å². The minimum Gasteiger partial charge on any atom is -0.378 e. The third-order valence-corrected chi connectivity index (χ3v) is 3.77. The maximum atomic E-state index is 12.4. The topological polar surface area (TPSA) is 84.4 Å². The molecule has 7 nitrogen and oxygen atoms in total. The molecule has 1 aromatic carbocycles. The summed E-state index contributed by atoms with van der Waals surface area (Å²) in [6.07, 6.45) is 1.39. The average Bonchev–Trinajstić information content (AvgIpc) is 2.63. The van der Waals surface area contributed by atoms with Crippen molar-refractivity contribution in [3.05, 3.63) is 47.9 Å². The SMILES string of the molecule is CC(=O)c1ccc(NC(=O)c2cc(N3CCOCC3)ncn2)cc1. The van der Waals surface area contributed by atoms with Crippen LogP contribution in [0.1, 0.15) is 27.8 Å². The highest BCUT2D eigenvalue weighted by Crippen LogP contribution is 2.15. The highest BCUT2D eigenvalue weighted by molar-refractivity contribution is 6.03. The third-order valence-electron chi connectivity index (χ3n) is 3.77. The molecule has 24 heavy (non-hydrogen) atoms. The summed E-state index contributed by atoms with van der Waals surface area (Å²) in [5.41, 5.74) is 1.50. The van der Waals surface area contributed by atoms with Crippen LogP contribution in [-0.4, -0.2) is 48.0 Å². The number of anilines is 2. The molecule has 0 spiro atoms. The molecular weight excluding hydrogens is 308 g/mol. The summed E-state index contributed by atoms with van der Waals surface area (Å²) in [4.78, 5) is 34.0. The predicted octanol–water partition coefficient (Wildman–Crippen LogP) is 1.77. The van der Waals surface area contributed by atoms with Gasteiger partial charge in [-0.1, -0.05) is 0 Å². The van der Waals surface area contributed by atoms with Crippen molar-refractivity contribution in [2.24, 2.45) is 0 Å². The first-order valence-corrected chi connectivity index (χ1v) is 7.70. The van der Waals surface area contributed by atoms with Gasteiger partial charge in [-0.2, -0.15) is 0 Å². The summed E-state index contributed by atoms with van der Waals surface area (Å²) in [5, 5.41) is 2.77. The molecule has 3 rings (SSSR count). The molecule has 2 heterocycles. The highest BCUT2D eigenvalue weighted by Gasteiger charge is 2.15. The van der Waals surface area contributed by atoms with E-state index in [1.807, 2.05) is 0 Å². The predicted molar refractivity (Wildman–Crippen MR) is 89.5 cm³/mol. The largest absolute Gasteiger partial charge is 0.378 e. The lowest BCUT2D eigenvalue weighted by Crippen LogP contribution is -2.37. The number of carbonyl (C=O) groups excluding carboxylic acids is 2. The monoisotopic (exact) mass is 326 g/mol. The smallest absolute Gasteiger partial charge is 0.274 e. The number of nitrogens with one attached hydrogen (secondary N) is 1. The number of carbonyl (C=O) groups is 2. The molecule has 1 amide bonds. The van der Waals surface area contributed by atoms with Crippen LogP contribution >= 0.6 is 0 Å². The zero-order valence-corrected chi connectivity index (χ0v) is 13.4. The fraction of sp³-hybridized carbons (Fsp3) is 0.294. The molecule has 0 aliphatic carbocycles. The van der Waals surface area contributed by atoms with Gasteiger partial charge in [0.2, 0.25) is 0 Å². The Kier molecular flexibility index (Phi) is 4.81. The van der Waals surface area contributed by atoms with E-state index < -0.39 is 0 Å². The fourth-order valence-corrected chi connectivity index (χ4v) is 2.42. The van der Waals surface area contributed by atoms with Crippen LogP contribution in [0.25, 0.3) is 0 Å². The van der Waals surface area contributed by atoms with Gasteiger partial charge in [0.1, 0.15) is 17.8 Å². The van der Waals surface area contributed by atoms with Gasteiger partial charge >= 0.3 is 0 Å². The van der Waals surface area contributed by atoms with Crippen molar-refractivity contribution in [1.82, 2.24) is 9.97 Å². The van der Waals surface area contributed by atoms with Crippen LogP contribution in [0.3, 0.4) is 0 Å². The molecule has 1 N–H and O–H groups in total. The summed E-state index contributed by atoms with van der Waals surface area (Å²) in [6, 6.07) is 8.41. The Morgan fingerprint density at radius 1 is 1.12 bits per heavy atom. The first-order valence-electron chi connectivity index (χ1n) is 7.70. The van der Waals surface area contributed by atoms with E-state index in [-0.39, 0.29) is 11.7 Å². The van der Waals surface area contributed by atoms with Crippen LogP contribution in [0.2, 0.25) is 0 Å². The van der Waals surface area contributed by atoms with Gasteiger partial charge in [0.05, 0.1) is 13.2 Å². The molecule has 7 heteroatoms. The van der Waals surface area contributed by atoms with E-state index in [0.29, 0.717) is 36.0 Å². The number of rotatable bonds is 4. The third kappa shape index (κ3) is 3.75. The van der Waals surface area contributed by atoms with Crippen LogP contribution in [-0.2, 0) is 4.74 Å². The Bertz CT molecular complexity index is 740. The van der Waals surface area contributed by atoms with E-state index in [0.717, 1.165) is 13.1 Å². The van der Waals surface area contributed by atoms with Crippen LogP contribution in [0, 0.1) is 0 Å². The molecule has 0 unspecified atom stereocenters. The van der Waals surface area contributed by atoms with E-state index in [1.165, 1.54) is 13.3 Å². The maximum absolute atomic E-state index is 12.4. The number of Topliss-reactive ketones (excluding diaryl/α,β-unsaturated/α-hetero) is 1. The van der Waals surface area contributed by atoms with Crippen molar-refractivity contribution >= 4 is 23.2 Å². The molecule has 0 bridgehead atoms. The van der Waals surface area contributed by atoms with Crippen molar-refractivity contribution in [3.63, 3.8) is 0 Å². The number of ether oxygens (including phenoxy) is 1. The number of benzene rings is 1. The van der Waals surface area contributed by atoms with Crippen LogP contribution < -0.4 is 10.2 Å². The molecule has 0 atom stereocenters. The van der Waals surface area contributed by atoms with Gasteiger partial charge in [0, 0.05) is 30.4 Å². The van der Waals surface area contributed by atoms with Crippen LogP contribution in [0.15, 0.2) is 36.7 Å². The normalized spacial score (nSPS) is 14.3. The second-order valence-electron chi connectivity index (χ2n) is 5.45. The van der Waals surface area contributed by atoms with Crippen LogP contribution in [0.4, 0.5) is 11.5 Å². The Morgan fingerprint density at radius 2 is 1.83 bits per heavy atom. The van der Waals surface area contributed by atoms with Crippen LogP contribution in [0.5, 0.6) is 0 Å². The van der Waals surface area contributed by atoms with Crippen molar-refractivity contribution in [3.8, 4) is 0 Å². The number of ketones is 1. The fourth-order valence-electron chi connectivity index (χ4n) is 2.42. The van der Waals surface area contributed by atoms with Crippen molar-refractivity contribution < 1.29 is 14.3 Å². The second kappa shape index (κ2) is 7.18. The molecule has 2 aromatic rings. The number of hydrogen-bond acceptors (Lipinski definition) is 6. The zero-order chi connectivity index (χ0) is 16.9. The maximum Gasteiger partial charge on any atom is 0.274 e. The molecule has 1 aliphatic rings. The molecule has 124 valence electrons. The Balaban J connectivity index is 1.71. The molecule has 1 fully saturated rings. The lowest BCUT2D eigenvalue weighted by molar-refractivity contribution is 0.101. The highest BCUT2D eigenvalue weighted by atomic mass is 16.5. The summed E-state index contributed by atoms with van der Waals surface area (Å²) >= 11 is 0. The molecule has 1 aliphatic heterocycles. The van der Waals surface area contributed by atoms with Gasteiger partial charge in [-0.3, -0.25) is 9.59 Å². The van der Waals surface area contributed by atoms with Crippen molar-refractivity contribution in [2.75, 3.05) is 36.5 Å². The minimum absolute atomic E-state index is 0.0150. The van der Waals surface area contributed by atoms with Gasteiger partial charge in [-0.05, 0) is 31.2 Å². The summed E-state index contributed by atoms with van der Waals surface area (Å²) in [5.74, 6) is 0.381.